The molecule has 3 N–H and O–H groups in total. The Bertz CT molecular complexity index is 940. The Morgan fingerprint density at radius 2 is 1.85 bits per heavy atom. The molecule has 0 bridgehead atoms. The number of fused-ring (bicyclic) bond motifs is 1. The normalized spacial score (nSPS) is 15.3. The van der Waals surface area contributed by atoms with Crippen LogP contribution in [0.4, 0.5) is 5.69 Å². The van der Waals surface area contributed by atoms with Crippen LogP contribution >= 0.6 is 11.3 Å². The average molecular weight is 366 g/mol. The number of thiophene rings is 1. The van der Waals surface area contributed by atoms with E-state index in [0.717, 1.165) is 34.3 Å². The van der Waals surface area contributed by atoms with Gasteiger partial charge in [-0.2, -0.15) is 0 Å². The van der Waals surface area contributed by atoms with Crippen LogP contribution in [0.5, 0.6) is 0 Å². The lowest BCUT2D eigenvalue weighted by atomic mass is 9.95. The molecule has 1 aliphatic carbocycles. The Morgan fingerprint density at radius 1 is 1.12 bits per heavy atom. The fourth-order valence-corrected chi connectivity index (χ4v) is 4.55. The first-order valence-electron chi connectivity index (χ1n) is 9.19. The summed E-state index contributed by atoms with van der Waals surface area (Å²) in [5, 5.41) is 4.01. The third-order valence-electron chi connectivity index (χ3n) is 5.09. The van der Waals surface area contributed by atoms with E-state index in [1.54, 1.807) is 0 Å². The van der Waals surface area contributed by atoms with Gasteiger partial charge in [-0.05, 0) is 31.9 Å². The molecule has 0 atom stereocenters. The second kappa shape index (κ2) is 7.08. The Balaban J connectivity index is 1.63. The topological polar surface area (TPSA) is 68.0 Å². The Hall–Kier alpha value is -2.40. The van der Waals surface area contributed by atoms with E-state index in [4.69, 9.17) is 10.7 Å². The Labute approximate surface area is 157 Å². The van der Waals surface area contributed by atoms with Crippen LogP contribution in [-0.2, 0) is 0 Å². The van der Waals surface area contributed by atoms with Crippen LogP contribution in [0.3, 0.4) is 0 Å². The van der Waals surface area contributed by atoms with Crippen molar-refractivity contribution in [2.75, 3.05) is 5.73 Å². The number of carbonyl (C=O) groups is 1. The highest BCUT2D eigenvalue weighted by atomic mass is 32.1. The molecule has 0 spiro atoms. The molecule has 1 aliphatic rings. The summed E-state index contributed by atoms with van der Waals surface area (Å²) in [6.07, 6.45) is 5.77. The molecular formula is C21H23N3OS. The minimum Gasteiger partial charge on any atom is -0.397 e. The van der Waals surface area contributed by atoms with Crippen molar-refractivity contribution in [1.82, 2.24) is 10.3 Å². The van der Waals surface area contributed by atoms with Crippen molar-refractivity contribution in [3.05, 3.63) is 46.8 Å². The second-order valence-corrected chi connectivity index (χ2v) is 8.07. The standard InChI is InChI=1S/C21H23N3OS/c1-13-7-9-14(10-8-13)17-12-11-16-18(22)19(26-21(16)24-17)20(25)23-15-5-3-2-4-6-15/h7-12,15H,2-6,22H2,1H3,(H,23,25). The lowest BCUT2D eigenvalue weighted by Crippen LogP contribution is -2.36. The van der Waals surface area contributed by atoms with Crippen molar-refractivity contribution in [2.45, 2.75) is 45.1 Å². The first-order chi connectivity index (χ1) is 12.6. The third kappa shape index (κ3) is 3.31. The molecule has 2 heterocycles. The third-order valence-corrected chi connectivity index (χ3v) is 6.20. The van der Waals surface area contributed by atoms with E-state index < -0.39 is 0 Å². The number of hydrogen-bond donors (Lipinski definition) is 2. The maximum atomic E-state index is 12.7. The molecule has 1 amide bonds. The number of anilines is 1. The lowest BCUT2D eigenvalue weighted by molar-refractivity contribution is 0.0932. The van der Waals surface area contributed by atoms with Crippen molar-refractivity contribution in [2.24, 2.45) is 0 Å². The van der Waals surface area contributed by atoms with Gasteiger partial charge in [0.1, 0.15) is 9.71 Å². The van der Waals surface area contributed by atoms with Crippen LogP contribution in [0, 0.1) is 6.92 Å². The summed E-state index contributed by atoms with van der Waals surface area (Å²) in [6.45, 7) is 2.07. The Morgan fingerprint density at radius 3 is 2.58 bits per heavy atom. The van der Waals surface area contributed by atoms with Crippen LogP contribution in [0.15, 0.2) is 36.4 Å². The van der Waals surface area contributed by atoms with E-state index in [9.17, 15) is 4.79 Å². The summed E-state index contributed by atoms with van der Waals surface area (Å²) in [7, 11) is 0. The SMILES string of the molecule is Cc1ccc(-c2ccc3c(N)c(C(=O)NC4CCCCC4)sc3n2)cc1. The maximum Gasteiger partial charge on any atom is 0.263 e. The molecule has 26 heavy (non-hydrogen) atoms. The van der Waals surface area contributed by atoms with Gasteiger partial charge in [0.15, 0.2) is 0 Å². The summed E-state index contributed by atoms with van der Waals surface area (Å²) in [5.41, 5.74) is 9.99. The van der Waals surface area contributed by atoms with Crippen LogP contribution in [-0.4, -0.2) is 16.9 Å². The van der Waals surface area contributed by atoms with Gasteiger partial charge >= 0.3 is 0 Å². The van der Waals surface area contributed by atoms with Gasteiger partial charge in [0.25, 0.3) is 5.91 Å². The summed E-state index contributed by atoms with van der Waals surface area (Å²) >= 11 is 1.38. The minimum atomic E-state index is -0.0608. The summed E-state index contributed by atoms with van der Waals surface area (Å²) in [5.74, 6) is -0.0608. The smallest absolute Gasteiger partial charge is 0.263 e. The number of rotatable bonds is 3. The molecular weight excluding hydrogens is 342 g/mol. The van der Waals surface area contributed by atoms with E-state index in [1.165, 1.54) is 36.2 Å². The number of aryl methyl sites for hydroxylation is 1. The monoisotopic (exact) mass is 365 g/mol. The van der Waals surface area contributed by atoms with Gasteiger partial charge in [0.05, 0.1) is 11.4 Å². The number of benzene rings is 1. The van der Waals surface area contributed by atoms with E-state index in [2.05, 4.69) is 36.5 Å². The number of hydrogen-bond acceptors (Lipinski definition) is 4. The van der Waals surface area contributed by atoms with Gasteiger partial charge in [-0.3, -0.25) is 4.79 Å². The lowest BCUT2D eigenvalue weighted by Gasteiger charge is -2.22. The number of nitrogens with two attached hydrogens (primary N) is 1. The van der Waals surface area contributed by atoms with Crippen molar-refractivity contribution in [3.63, 3.8) is 0 Å². The number of carbonyl (C=O) groups excluding carboxylic acids is 1. The predicted octanol–water partition coefficient (Wildman–Crippen LogP) is 4.92. The van der Waals surface area contributed by atoms with Crippen molar-refractivity contribution in [1.29, 1.82) is 0 Å². The van der Waals surface area contributed by atoms with Crippen LogP contribution in [0.25, 0.3) is 21.5 Å². The van der Waals surface area contributed by atoms with Gasteiger partial charge in [0.2, 0.25) is 0 Å². The molecule has 2 aromatic heterocycles. The molecule has 5 heteroatoms. The van der Waals surface area contributed by atoms with E-state index in [0.29, 0.717) is 10.6 Å². The highest BCUT2D eigenvalue weighted by Crippen LogP contribution is 2.34. The fourth-order valence-electron chi connectivity index (χ4n) is 3.55. The first-order valence-corrected chi connectivity index (χ1v) is 10.0. The van der Waals surface area contributed by atoms with Crippen molar-refractivity contribution in [3.8, 4) is 11.3 Å². The van der Waals surface area contributed by atoms with Crippen LogP contribution in [0.2, 0.25) is 0 Å². The zero-order chi connectivity index (χ0) is 18.1. The number of pyridine rings is 1. The largest absolute Gasteiger partial charge is 0.397 e. The molecule has 0 unspecified atom stereocenters. The van der Waals surface area contributed by atoms with Gasteiger partial charge in [0, 0.05) is 17.0 Å². The molecule has 3 aromatic rings. The van der Waals surface area contributed by atoms with Crippen LogP contribution in [0.1, 0.15) is 47.3 Å². The molecule has 0 saturated heterocycles. The minimum absolute atomic E-state index is 0.0608. The van der Waals surface area contributed by atoms with Gasteiger partial charge in [-0.15, -0.1) is 11.3 Å². The molecule has 0 radical (unpaired) electrons. The number of aromatic nitrogens is 1. The molecule has 0 aliphatic heterocycles. The molecule has 1 saturated carbocycles. The second-order valence-electron chi connectivity index (χ2n) is 7.07. The zero-order valence-corrected chi connectivity index (χ0v) is 15.7. The van der Waals surface area contributed by atoms with E-state index in [1.807, 2.05) is 12.1 Å². The molecule has 4 rings (SSSR count). The average Bonchev–Trinajstić information content (AvgIpc) is 2.99. The van der Waals surface area contributed by atoms with Gasteiger partial charge in [-0.1, -0.05) is 49.1 Å². The molecule has 134 valence electrons. The van der Waals surface area contributed by atoms with Crippen molar-refractivity contribution >= 4 is 33.1 Å². The van der Waals surface area contributed by atoms with Gasteiger partial charge < -0.3 is 11.1 Å². The molecule has 1 fully saturated rings. The van der Waals surface area contributed by atoms with Gasteiger partial charge in [-0.25, -0.2) is 4.98 Å². The Kier molecular flexibility index (Phi) is 4.64. The molecule has 4 nitrogen and oxygen atoms in total. The number of nitrogens with one attached hydrogen (secondary N) is 1. The first kappa shape index (κ1) is 17.0. The van der Waals surface area contributed by atoms with Crippen LogP contribution < -0.4 is 11.1 Å². The predicted molar refractivity (Wildman–Crippen MR) is 109 cm³/mol. The number of nitrogens with zero attached hydrogens (tertiary/aromatic N) is 1. The zero-order valence-electron chi connectivity index (χ0n) is 14.9. The quantitative estimate of drug-likeness (QED) is 0.692. The maximum absolute atomic E-state index is 12.7. The summed E-state index contributed by atoms with van der Waals surface area (Å²) in [4.78, 5) is 18.8. The summed E-state index contributed by atoms with van der Waals surface area (Å²) in [6, 6.07) is 12.5. The fraction of sp³-hybridized carbons (Fsp3) is 0.333. The summed E-state index contributed by atoms with van der Waals surface area (Å²) < 4.78 is 0. The van der Waals surface area contributed by atoms with E-state index in [-0.39, 0.29) is 11.9 Å². The number of amides is 1. The highest BCUT2D eigenvalue weighted by molar-refractivity contribution is 7.21. The highest BCUT2D eigenvalue weighted by Gasteiger charge is 2.21. The number of nitrogen functional groups attached to an aromatic ring is 1. The van der Waals surface area contributed by atoms with Crippen molar-refractivity contribution < 1.29 is 4.79 Å². The van der Waals surface area contributed by atoms with E-state index >= 15 is 0 Å². The molecule has 1 aromatic carbocycles.